The van der Waals surface area contributed by atoms with Gasteiger partial charge in [-0.25, -0.2) is 4.79 Å². The van der Waals surface area contributed by atoms with Gasteiger partial charge in [-0.3, -0.25) is 14.5 Å². The van der Waals surface area contributed by atoms with Crippen LogP contribution in [0.4, 0.5) is 4.79 Å². The molecular weight excluding hydrogens is 444 g/mol. The van der Waals surface area contributed by atoms with E-state index in [-0.39, 0.29) is 43.5 Å². The molecule has 0 radical (unpaired) electrons. The molecule has 0 aromatic heterocycles. The predicted octanol–water partition coefficient (Wildman–Crippen LogP) is 4.05. The molecule has 2 unspecified atom stereocenters. The molecule has 2 amide bonds. The van der Waals surface area contributed by atoms with E-state index in [4.69, 9.17) is 15.2 Å². The topological polar surface area (TPSA) is 98.9 Å². The molecule has 0 saturated heterocycles. The first kappa shape index (κ1) is 23.4. The Labute approximate surface area is 205 Å². The lowest BCUT2D eigenvalue weighted by Gasteiger charge is -2.60. The van der Waals surface area contributed by atoms with E-state index < -0.39 is 17.5 Å². The third kappa shape index (κ3) is 4.90. The monoisotopic (exact) mass is 476 g/mol. The van der Waals surface area contributed by atoms with Gasteiger partial charge in [-0.1, -0.05) is 60.7 Å². The van der Waals surface area contributed by atoms with Gasteiger partial charge in [0.05, 0.1) is 0 Å². The fourth-order valence-electron chi connectivity index (χ4n) is 6.82. The molecule has 4 aliphatic rings. The molecule has 2 aromatic rings. The zero-order valence-electron chi connectivity index (χ0n) is 19.8. The SMILES string of the molecule is NC(=O)C12CC3CC(C1)C(N(CC(=O)OCc1ccccc1)C(=O)OCc1ccccc1)C(C3)C2. The summed E-state index contributed by atoms with van der Waals surface area (Å²) >= 11 is 0. The third-order valence-corrected chi connectivity index (χ3v) is 8.09. The van der Waals surface area contributed by atoms with Crippen LogP contribution >= 0.6 is 0 Å². The number of hydrogen-bond acceptors (Lipinski definition) is 5. The van der Waals surface area contributed by atoms with E-state index in [0.29, 0.717) is 18.8 Å². The first-order chi connectivity index (χ1) is 16.9. The Hall–Kier alpha value is -3.35. The average Bonchev–Trinajstić information content (AvgIpc) is 2.86. The Balaban J connectivity index is 1.32. The summed E-state index contributed by atoms with van der Waals surface area (Å²) in [4.78, 5) is 40.2. The fraction of sp³-hybridized carbons (Fsp3) is 0.464. The predicted molar refractivity (Wildman–Crippen MR) is 129 cm³/mol. The fourth-order valence-corrected chi connectivity index (χ4v) is 6.82. The molecule has 2 atom stereocenters. The van der Waals surface area contributed by atoms with E-state index in [0.717, 1.165) is 30.4 Å². The van der Waals surface area contributed by atoms with E-state index in [1.807, 2.05) is 60.7 Å². The van der Waals surface area contributed by atoms with Crippen LogP contribution in [0.2, 0.25) is 0 Å². The number of carbonyl (C=O) groups is 3. The molecular formula is C28H32N2O5. The third-order valence-electron chi connectivity index (χ3n) is 8.09. The maximum Gasteiger partial charge on any atom is 0.410 e. The van der Waals surface area contributed by atoms with Crippen LogP contribution in [0, 0.1) is 23.2 Å². The largest absolute Gasteiger partial charge is 0.459 e. The summed E-state index contributed by atoms with van der Waals surface area (Å²) in [5, 5.41) is 0. The van der Waals surface area contributed by atoms with Gasteiger partial charge in [0.1, 0.15) is 19.8 Å². The number of hydrogen-bond donors (Lipinski definition) is 1. The highest BCUT2D eigenvalue weighted by molar-refractivity contribution is 5.82. The highest BCUT2D eigenvalue weighted by Gasteiger charge is 2.59. The van der Waals surface area contributed by atoms with Gasteiger partial charge in [-0.05, 0) is 61.0 Å². The number of primary amides is 1. The number of amides is 2. The summed E-state index contributed by atoms with van der Waals surface area (Å²) in [5.74, 6) is 0.00290. The molecule has 7 heteroatoms. The van der Waals surface area contributed by atoms with E-state index in [1.54, 1.807) is 4.90 Å². The molecule has 184 valence electrons. The van der Waals surface area contributed by atoms with Gasteiger partial charge >= 0.3 is 12.1 Å². The summed E-state index contributed by atoms with van der Waals surface area (Å²) < 4.78 is 11.2. The summed E-state index contributed by atoms with van der Waals surface area (Å²) in [6, 6.07) is 18.8. The van der Waals surface area contributed by atoms with Crippen LogP contribution in [-0.2, 0) is 32.3 Å². The minimum atomic E-state index is -0.517. The van der Waals surface area contributed by atoms with Crippen molar-refractivity contribution in [2.24, 2.45) is 28.9 Å². The first-order valence-corrected chi connectivity index (χ1v) is 12.4. The van der Waals surface area contributed by atoms with Crippen molar-refractivity contribution in [3.8, 4) is 0 Å². The number of esters is 1. The van der Waals surface area contributed by atoms with Crippen LogP contribution in [0.25, 0.3) is 0 Å². The van der Waals surface area contributed by atoms with Gasteiger partial charge in [0.25, 0.3) is 0 Å². The molecule has 7 nitrogen and oxygen atoms in total. The number of ether oxygens (including phenoxy) is 2. The van der Waals surface area contributed by atoms with Crippen LogP contribution in [0.3, 0.4) is 0 Å². The minimum absolute atomic E-state index is 0.125. The molecule has 4 fully saturated rings. The Morgan fingerprint density at radius 3 is 1.91 bits per heavy atom. The van der Waals surface area contributed by atoms with Crippen molar-refractivity contribution in [3.05, 3.63) is 71.8 Å². The molecule has 4 bridgehead atoms. The quantitative estimate of drug-likeness (QED) is 0.580. The van der Waals surface area contributed by atoms with E-state index in [2.05, 4.69) is 0 Å². The second-order valence-electron chi connectivity index (χ2n) is 10.4. The maximum absolute atomic E-state index is 13.4. The molecule has 6 rings (SSSR count). The molecule has 0 heterocycles. The molecule has 35 heavy (non-hydrogen) atoms. The molecule has 4 saturated carbocycles. The van der Waals surface area contributed by atoms with Gasteiger partial charge in [0.15, 0.2) is 0 Å². The minimum Gasteiger partial charge on any atom is -0.459 e. The smallest absolute Gasteiger partial charge is 0.410 e. The van der Waals surface area contributed by atoms with Crippen LogP contribution in [-0.4, -0.2) is 35.5 Å². The lowest BCUT2D eigenvalue weighted by atomic mass is 9.47. The number of nitrogens with two attached hydrogens (primary N) is 1. The van der Waals surface area contributed by atoms with E-state index >= 15 is 0 Å². The van der Waals surface area contributed by atoms with Gasteiger partial charge in [-0.2, -0.15) is 0 Å². The van der Waals surface area contributed by atoms with Crippen LogP contribution in [0.5, 0.6) is 0 Å². The molecule has 2 aromatic carbocycles. The Kier molecular flexibility index (Phi) is 6.50. The van der Waals surface area contributed by atoms with Crippen molar-refractivity contribution < 1.29 is 23.9 Å². The highest BCUT2D eigenvalue weighted by atomic mass is 16.6. The first-order valence-electron chi connectivity index (χ1n) is 12.4. The van der Waals surface area contributed by atoms with Crippen molar-refractivity contribution in [1.29, 1.82) is 0 Å². The van der Waals surface area contributed by atoms with Crippen LogP contribution in [0.1, 0.15) is 43.2 Å². The Bertz CT molecular complexity index is 1060. The second-order valence-corrected chi connectivity index (χ2v) is 10.4. The number of nitrogens with zero attached hydrogens (tertiary/aromatic N) is 1. The lowest BCUT2D eigenvalue weighted by Crippen LogP contribution is -2.63. The van der Waals surface area contributed by atoms with Gasteiger partial charge < -0.3 is 15.2 Å². The normalized spacial score (nSPS) is 28.3. The average molecular weight is 477 g/mol. The standard InChI is InChI=1S/C28H32N2O5/c29-26(32)28-13-21-11-22(14-28)25(23(12-21)15-28)30(27(33)35-18-20-9-5-2-6-10-20)16-24(31)34-17-19-7-3-1-4-8-19/h1-10,21-23,25H,11-18H2,(H2,29,32). The maximum atomic E-state index is 13.4. The molecule has 4 aliphatic carbocycles. The Morgan fingerprint density at radius 2 is 1.37 bits per heavy atom. The van der Waals surface area contributed by atoms with Crippen LogP contribution < -0.4 is 5.73 Å². The van der Waals surface area contributed by atoms with Crippen molar-refractivity contribution in [2.75, 3.05) is 6.54 Å². The number of benzene rings is 2. The Morgan fingerprint density at radius 1 is 0.829 bits per heavy atom. The summed E-state index contributed by atoms with van der Waals surface area (Å²) in [7, 11) is 0. The van der Waals surface area contributed by atoms with Crippen molar-refractivity contribution in [1.82, 2.24) is 4.90 Å². The molecule has 2 N–H and O–H groups in total. The summed E-state index contributed by atoms with van der Waals surface area (Å²) in [5.41, 5.74) is 7.14. The van der Waals surface area contributed by atoms with Crippen molar-refractivity contribution in [3.63, 3.8) is 0 Å². The summed E-state index contributed by atoms with van der Waals surface area (Å²) in [6.45, 7) is 0.106. The van der Waals surface area contributed by atoms with Gasteiger partial charge in [0.2, 0.25) is 5.91 Å². The molecule has 0 spiro atoms. The van der Waals surface area contributed by atoms with Gasteiger partial charge in [0, 0.05) is 11.5 Å². The zero-order chi connectivity index (χ0) is 24.4. The second kappa shape index (κ2) is 9.72. The molecule has 0 aliphatic heterocycles. The van der Waals surface area contributed by atoms with Crippen molar-refractivity contribution in [2.45, 2.75) is 51.4 Å². The van der Waals surface area contributed by atoms with Gasteiger partial charge in [-0.15, -0.1) is 0 Å². The highest BCUT2D eigenvalue weighted by Crippen LogP contribution is 2.61. The van der Waals surface area contributed by atoms with E-state index in [9.17, 15) is 14.4 Å². The van der Waals surface area contributed by atoms with Crippen LogP contribution in [0.15, 0.2) is 60.7 Å². The number of rotatable bonds is 8. The summed E-state index contributed by atoms with van der Waals surface area (Å²) in [6.07, 6.45) is 3.55. The van der Waals surface area contributed by atoms with E-state index in [1.165, 1.54) is 0 Å². The lowest BCUT2D eigenvalue weighted by molar-refractivity contribution is -0.158. The van der Waals surface area contributed by atoms with Crippen molar-refractivity contribution >= 4 is 18.0 Å². The zero-order valence-corrected chi connectivity index (χ0v) is 19.8. The number of carbonyl (C=O) groups excluding carboxylic acids is 3.